The Kier molecular flexibility index (Phi) is 2.00. The summed E-state index contributed by atoms with van der Waals surface area (Å²) in [5.74, 6) is 0.862. The van der Waals surface area contributed by atoms with E-state index in [4.69, 9.17) is 0 Å². The molecular weight excluding hydrogens is 124 g/mol. The number of amidine groups is 1. The summed E-state index contributed by atoms with van der Waals surface area (Å²) in [6.07, 6.45) is 3.95. The van der Waals surface area contributed by atoms with Crippen LogP contribution in [0.25, 0.3) is 0 Å². The van der Waals surface area contributed by atoms with Crippen molar-refractivity contribution >= 4 is 12.1 Å². The first kappa shape index (κ1) is 7.19. The van der Waals surface area contributed by atoms with Crippen molar-refractivity contribution in [3.63, 3.8) is 0 Å². The Morgan fingerprint density at radius 3 is 2.80 bits per heavy atom. The number of hydrogen-bond acceptors (Lipinski definition) is 2. The SMILES string of the molecule is CC1=CC(C)N=C(C)N=C1. The number of aliphatic imine (C=N–C) groups is 2. The van der Waals surface area contributed by atoms with Gasteiger partial charge in [0.2, 0.25) is 0 Å². The van der Waals surface area contributed by atoms with Crippen molar-refractivity contribution in [2.45, 2.75) is 26.8 Å². The molecular formula is C8H12N2. The zero-order valence-electron chi connectivity index (χ0n) is 6.63. The molecule has 10 heavy (non-hydrogen) atoms. The van der Waals surface area contributed by atoms with Crippen molar-refractivity contribution in [2.75, 3.05) is 0 Å². The minimum Gasteiger partial charge on any atom is -0.264 e. The zero-order valence-corrected chi connectivity index (χ0v) is 6.63. The fraction of sp³-hybridized carbons (Fsp3) is 0.500. The Labute approximate surface area is 61.4 Å². The largest absolute Gasteiger partial charge is 0.264 e. The molecule has 0 saturated carbocycles. The maximum atomic E-state index is 4.27. The fourth-order valence-electron chi connectivity index (χ4n) is 0.984. The van der Waals surface area contributed by atoms with Crippen LogP contribution in [-0.2, 0) is 0 Å². The van der Waals surface area contributed by atoms with E-state index < -0.39 is 0 Å². The molecule has 1 unspecified atom stereocenters. The van der Waals surface area contributed by atoms with Crippen LogP contribution in [0.2, 0.25) is 0 Å². The van der Waals surface area contributed by atoms with E-state index in [-0.39, 0.29) is 6.04 Å². The van der Waals surface area contributed by atoms with Gasteiger partial charge in [0.05, 0.1) is 6.04 Å². The van der Waals surface area contributed by atoms with Gasteiger partial charge in [-0.3, -0.25) is 4.99 Å². The van der Waals surface area contributed by atoms with Gasteiger partial charge in [-0.15, -0.1) is 0 Å². The van der Waals surface area contributed by atoms with Gasteiger partial charge in [-0.1, -0.05) is 6.08 Å². The van der Waals surface area contributed by atoms with Crippen LogP contribution in [0.5, 0.6) is 0 Å². The molecule has 0 amide bonds. The highest BCUT2D eigenvalue weighted by Gasteiger charge is 1.98. The van der Waals surface area contributed by atoms with Crippen LogP contribution in [0, 0.1) is 0 Å². The molecule has 0 aromatic heterocycles. The third-order valence-corrected chi connectivity index (χ3v) is 1.35. The number of hydrogen-bond donors (Lipinski definition) is 0. The average Bonchev–Trinajstić information content (AvgIpc) is 1.93. The lowest BCUT2D eigenvalue weighted by atomic mass is 10.2. The molecule has 0 aromatic rings. The minimum absolute atomic E-state index is 0.280. The van der Waals surface area contributed by atoms with E-state index in [1.54, 1.807) is 0 Å². The Hall–Kier alpha value is -0.920. The molecule has 0 N–H and O–H groups in total. The third-order valence-electron chi connectivity index (χ3n) is 1.35. The van der Waals surface area contributed by atoms with Crippen LogP contribution >= 0.6 is 0 Å². The summed E-state index contributed by atoms with van der Waals surface area (Å²) in [7, 11) is 0. The normalized spacial score (nSPS) is 25.3. The molecule has 1 aliphatic rings. The van der Waals surface area contributed by atoms with Gasteiger partial charge < -0.3 is 0 Å². The number of nitrogens with zero attached hydrogens (tertiary/aromatic N) is 2. The Bertz CT molecular complexity index is 189. The fourth-order valence-corrected chi connectivity index (χ4v) is 0.984. The Morgan fingerprint density at radius 1 is 1.40 bits per heavy atom. The van der Waals surface area contributed by atoms with Crippen molar-refractivity contribution in [3.8, 4) is 0 Å². The molecule has 0 spiro atoms. The van der Waals surface area contributed by atoms with E-state index in [1.807, 2.05) is 20.1 Å². The molecule has 2 nitrogen and oxygen atoms in total. The quantitative estimate of drug-likeness (QED) is 0.485. The molecule has 1 heterocycles. The van der Waals surface area contributed by atoms with E-state index >= 15 is 0 Å². The summed E-state index contributed by atoms with van der Waals surface area (Å²) in [5, 5.41) is 0. The standard InChI is InChI=1S/C8H12N2/c1-6-4-7(2)10-8(3)9-5-6/h4-5,7H,1-3H3. The minimum atomic E-state index is 0.280. The first-order chi connectivity index (χ1) is 4.68. The summed E-state index contributed by atoms with van der Waals surface area (Å²) in [6.45, 7) is 6.01. The highest BCUT2D eigenvalue weighted by molar-refractivity contribution is 5.94. The van der Waals surface area contributed by atoms with Crippen LogP contribution in [0.1, 0.15) is 20.8 Å². The highest BCUT2D eigenvalue weighted by atomic mass is 14.9. The van der Waals surface area contributed by atoms with Crippen LogP contribution in [0.3, 0.4) is 0 Å². The third kappa shape index (κ3) is 1.79. The molecule has 2 heteroatoms. The molecule has 1 aliphatic heterocycles. The molecule has 0 saturated heterocycles. The van der Waals surface area contributed by atoms with Crippen molar-refractivity contribution < 1.29 is 0 Å². The summed E-state index contributed by atoms with van der Waals surface area (Å²) >= 11 is 0. The number of allylic oxidation sites excluding steroid dienone is 1. The second-order valence-electron chi connectivity index (χ2n) is 2.59. The molecule has 0 aliphatic carbocycles. The van der Waals surface area contributed by atoms with Crippen LogP contribution in [0.4, 0.5) is 0 Å². The predicted molar refractivity (Wildman–Crippen MR) is 44.8 cm³/mol. The lowest BCUT2D eigenvalue weighted by molar-refractivity contribution is 0.920. The van der Waals surface area contributed by atoms with Gasteiger partial charge in [-0.05, 0) is 26.3 Å². The van der Waals surface area contributed by atoms with Gasteiger partial charge in [-0.2, -0.15) is 0 Å². The maximum Gasteiger partial charge on any atom is 0.120 e. The van der Waals surface area contributed by atoms with Crippen LogP contribution in [-0.4, -0.2) is 18.1 Å². The van der Waals surface area contributed by atoms with Gasteiger partial charge in [0, 0.05) is 6.21 Å². The molecule has 54 valence electrons. The Balaban J connectivity index is 2.87. The van der Waals surface area contributed by atoms with Crippen LogP contribution in [0.15, 0.2) is 21.6 Å². The monoisotopic (exact) mass is 136 g/mol. The topological polar surface area (TPSA) is 24.7 Å². The van der Waals surface area contributed by atoms with Crippen molar-refractivity contribution in [3.05, 3.63) is 11.6 Å². The van der Waals surface area contributed by atoms with Crippen molar-refractivity contribution in [2.24, 2.45) is 9.98 Å². The molecule has 0 aromatic carbocycles. The van der Waals surface area contributed by atoms with E-state index in [9.17, 15) is 0 Å². The van der Waals surface area contributed by atoms with Crippen molar-refractivity contribution in [1.29, 1.82) is 0 Å². The summed E-state index contributed by atoms with van der Waals surface area (Å²) in [6, 6.07) is 0.280. The lowest BCUT2D eigenvalue weighted by Gasteiger charge is -1.96. The Morgan fingerprint density at radius 2 is 2.10 bits per heavy atom. The first-order valence-corrected chi connectivity index (χ1v) is 3.45. The van der Waals surface area contributed by atoms with Gasteiger partial charge in [0.25, 0.3) is 0 Å². The predicted octanol–water partition coefficient (Wildman–Crippen LogP) is 1.82. The van der Waals surface area contributed by atoms with Gasteiger partial charge in [-0.25, -0.2) is 4.99 Å². The first-order valence-electron chi connectivity index (χ1n) is 3.45. The second-order valence-corrected chi connectivity index (χ2v) is 2.59. The smallest absolute Gasteiger partial charge is 0.120 e. The molecule has 0 bridgehead atoms. The van der Waals surface area contributed by atoms with E-state index in [0.717, 1.165) is 5.84 Å². The molecule has 0 radical (unpaired) electrons. The van der Waals surface area contributed by atoms with Gasteiger partial charge in [0.1, 0.15) is 5.84 Å². The van der Waals surface area contributed by atoms with Crippen LogP contribution < -0.4 is 0 Å². The molecule has 1 rings (SSSR count). The van der Waals surface area contributed by atoms with Crippen molar-refractivity contribution in [1.82, 2.24) is 0 Å². The van der Waals surface area contributed by atoms with E-state index in [1.165, 1.54) is 5.57 Å². The summed E-state index contributed by atoms with van der Waals surface area (Å²) in [4.78, 5) is 8.38. The highest BCUT2D eigenvalue weighted by Crippen LogP contribution is 2.02. The molecule has 1 atom stereocenters. The zero-order chi connectivity index (χ0) is 7.56. The lowest BCUT2D eigenvalue weighted by Crippen LogP contribution is -1.94. The number of rotatable bonds is 0. The summed E-state index contributed by atoms with van der Waals surface area (Å²) in [5.41, 5.74) is 1.19. The average molecular weight is 136 g/mol. The van der Waals surface area contributed by atoms with E-state index in [2.05, 4.69) is 23.0 Å². The van der Waals surface area contributed by atoms with Gasteiger partial charge in [0.15, 0.2) is 0 Å². The summed E-state index contributed by atoms with van der Waals surface area (Å²) < 4.78 is 0. The second kappa shape index (κ2) is 2.78. The van der Waals surface area contributed by atoms with E-state index in [0.29, 0.717) is 0 Å². The molecule has 0 fully saturated rings. The van der Waals surface area contributed by atoms with Gasteiger partial charge >= 0.3 is 0 Å². The maximum absolute atomic E-state index is 4.27.